The molecule has 0 unspecified atom stereocenters. The van der Waals surface area contributed by atoms with Gasteiger partial charge in [0.2, 0.25) is 0 Å². The van der Waals surface area contributed by atoms with Crippen LogP contribution in [0.25, 0.3) is 0 Å². The zero-order valence-electron chi connectivity index (χ0n) is 15.1. The van der Waals surface area contributed by atoms with E-state index in [2.05, 4.69) is 69.5 Å². The molecule has 0 saturated heterocycles. The van der Waals surface area contributed by atoms with Gasteiger partial charge in [0.15, 0.2) is 5.11 Å². The third-order valence-electron chi connectivity index (χ3n) is 4.12. The van der Waals surface area contributed by atoms with Crippen molar-refractivity contribution < 1.29 is 4.74 Å². The van der Waals surface area contributed by atoms with E-state index < -0.39 is 0 Å². The van der Waals surface area contributed by atoms with Crippen LogP contribution in [0.2, 0.25) is 0 Å². The molecule has 4 heteroatoms. The van der Waals surface area contributed by atoms with Crippen molar-refractivity contribution in [1.82, 2.24) is 5.32 Å². The maximum absolute atomic E-state index is 5.84. The van der Waals surface area contributed by atoms with Crippen LogP contribution in [-0.2, 0) is 0 Å². The molecule has 2 N–H and O–H groups in total. The average molecular weight is 343 g/mol. The molecule has 0 amide bonds. The maximum atomic E-state index is 5.84. The first-order valence-electron chi connectivity index (χ1n) is 8.20. The van der Waals surface area contributed by atoms with Gasteiger partial charge in [-0.3, -0.25) is 0 Å². The second kappa shape index (κ2) is 8.15. The average Bonchev–Trinajstić information content (AvgIpc) is 2.52. The molecule has 0 fully saturated rings. The van der Waals surface area contributed by atoms with Crippen molar-refractivity contribution in [2.75, 3.05) is 11.9 Å². The number of rotatable bonds is 5. The lowest BCUT2D eigenvalue weighted by atomic mass is 10.1. The normalized spacial score (nSPS) is 11.7. The first kappa shape index (κ1) is 18.3. The lowest BCUT2D eigenvalue weighted by molar-refractivity contribution is 0.287. The van der Waals surface area contributed by atoms with E-state index in [4.69, 9.17) is 17.0 Å². The summed E-state index contributed by atoms with van der Waals surface area (Å²) in [6.07, 6.45) is 0. The summed E-state index contributed by atoms with van der Waals surface area (Å²) in [5.41, 5.74) is 6.02. The molecule has 0 bridgehead atoms. The third-order valence-corrected chi connectivity index (χ3v) is 4.34. The first-order chi connectivity index (χ1) is 11.3. The Morgan fingerprint density at radius 2 is 1.58 bits per heavy atom. The third kappa shape index (κ3) is 5.24. The Morgan fingerprint density at radius 3 is 2.21 bits per heavy atom. The Labute approximate surface area is 150 Å². The molecule has 0 saturated carbocycles. The second-order valence-corrected chi connectivity index (χ2v) is 6.76. The monoisotopic (exact) mass is 342 g/mol. The summed E-state index contributed by atoms with van der Waals surface area (Å²) in [6.45, 7) is 11.0. The van der Waals surface area contributed by atoms with E-state index in [1.54, 1.807) is 0 Å². The van der Waals surface area contributed by atoms with Crippen molar-refractivity contribution >= 4 is 23.0 Å². The van der Waals surface area contributed by atoms with Crippen LogP contribution in [-0.4, -0.2) is 17.8 Å². The van der Waals surface area contributed by atoms with Gasteiger partial charge in [0.25, 0.3) is 0 Å². The van der Waals surface area contributed by atoms with Gasteiger partial charge in [-0.1, -0.05) is 12.1 Å². The smallest absolute Gasteiger partial charge is 0.171 e. The van der Waals surface area contributed by atoms with Crippen molar-refractivity contribution in [3.8, 4) is 5.75 Å². The number of hydrogen-bond donors (Lipinski definition) is 2. The molecular weight excluding hydrogens is 316 g/mol. The summed E-state index contributed by atoms with van der Waals surface area (Å²) < 4.78 is 5.84. The Balaban J connectivity index is 1.82. The molecule has 0 heterocycles. The molecule has 128 valence electrons. The minimum atomic E-state index is 0.109. The van der Waals surface area contributed by atoms with Gasteiger partial charge in [0, 0.05) is 5.69 Å². The number of benzene rings is 2. The highest BCUT2D eigenvalue weighted by molar-refractivity contribution is 7.80. The number of nitrogens with one attached hydrogen (secondary N) is 2. The maximum Gasteiger partial charge on any atom is 0.171 e. The van der Waals surface area contributed by atoms with Gasteiger partial charge in [0.05, 0.1) is 6.04 Å². The number of ether oxygens (including phenoxy) is 1. The Morgan fingerprint density at radius 1 is 0.958 bits per heavy atom. The molecule has 0 aliphatic rings. The van der Waals surface area contributed by atoms with Crippen LogP contribution < -0.4 is 15.4 Å². The predicted octanol–water partition coefficient (Wildman–Crippen LogP) is 4.67. The first-order valence-corrected chi connectivity index (χ1v) is 8.61. The van der Waals surface area contributed by atoms with Crippen molar-refractivity contribution in [2.24, 2.45) is 0 Å². The quantitative estimate of drug-likeness (QED) is 0.773. The lowest BCUT2D eigenvalue weighted by Crippen LogP contribution is -2.39. The van der Waals surface area contributed by atoms with Crippen LogP contribution in [0.5, 0.6) is 5.75 Å². The predicted molar refractivity (Wildman–Crippen MR) is 106 cm³/mol. The summed E-state index contributed by atoms with van der Waals surface area (Å²) in [7, 11) is 0. The summed E-state index contributed by atoms with van der Waals surface area (Å²) >= 11 is 5.38. The highest BCUT2D eigenvalue weighted by Gasteiger charge is 2.07. The topological polar surface area (TPSA) is 33.3 Å². The summed E-state index contributed by atoms with van der Waals surface area (Å²) in [5, 5.41) is 7.08. The van der Waals surface area contributed by atoms with Crippen LogP contribution in [0, 0.1) is 27.7 Å². The molecular formula is C20H26N2OS. The minimum absolute atomic E-state index is 0.109. The molecule has 0 radical (unpaired) electrons. The fraction of sp³-hybridized carbons (Fsp3) is 0.350. The highest BCUT2D eigenvalue weighted by atomic mass is 32.1. The largest absolute Gasteiger partial charge is 0.491 e. The van der Waals surface area contributed by atoms with E-state index in [9.17, 15) is 0 Å². The number of hydrogen-bond acceptors (Lipinski definition) is 2. The molecule has 2 rings (SSSR count). The summed E-state index contributed by atoms with van der Waals surface area (Å²) in [5.74, 6) is 0.889. The van der Waals surface area contributed by atoms with Crippen LogP contribution in [0.3, 0.4) is 0 Å². The van der Waals surface area contributed by atoms with E-state index in [0.717, 1.165) is 11.4 Å². The number of thiocarbonyl (C=S) groups is 1. The van der Waals surface area contributed by atoms with Gasteiger partial charge >= 0.3 is 0 Å². The van der Waals surface area contributed by atoms with Crippen molar-refractivity contribution in [2.45, 2.75) is 40.7 Å². The van der Waals surface area contributed by atoms with Gasteiger partial charge in [-0.25, -0.2) is 0 Å². The molecule has 0 aliphatic heterocycles. The highest BCUT2D eigenvalue weighted by Crippen LogP contribution is 2.17. The molecule has 0 spiro atoms. The van der Waals surface area contributed by atoms with Gasteiger partial charge in [-0.05, 0) is 93.4 Å². The lowest BCUT2D eigenvalue weighted by Gasteiger charge is -2.18. The number of anilines is 1. The molecule has 2 aromatic carbocycles. The van der Waals surface area contributed by atoms with Crippen LogP contribution in [0.1, 0.15) is 29.2 Å². The zero-order chi connectivity index (χ0) is 17.7. The molecule has 2 aromatic rings. The second-order valence-electron chi connectivity index (χ2n) is 6.36. The fourth-order valence-corrected chi connectivity index (χ4v) is 2.60. The van der Waals surface area contributed by atoms with Crippen molar-refractivity contribution in [3.63, 3.8) is 0 Å². The Kier molecular flexibility index (Phi) is 6.21. The van der Waals surface area contributed by atoms with E-state index in [1.165, 1.54) is 22.3 Å². The standard InChI is InChI=1S/C20H26N2OS/c1-13-6-8-18(10-15(13)3)22-20(24)21-17(5)12-23-19-9-7-14(2)16(4)11-19/h6-11,17H,12H2,1-5H3,(H2,21,22,24)/t17-/m0/s1. The molecule has 24 heavy (non-hydrogen) atoms. The number of aryl methyl sites for hydroxylation is 4. The van der Waals surface area contributed by atoms with E-state index in [-0.39, 0.29) is 6.04 Å². The summed E-state index contributed by atoms with van der Waals surface area (Å²) in [4.78, 5) is 0. The molecule has 0 aliphatic carbocycles. The van der Waals surface area contributed by atoms with Gasteiger partial charge in [0.1, 0.15) is 12.4 Å². The fourth-order valence-electron chi connectivity index (χ4n) is 2.28. The van der Waals surface area contributed by atoms with E-state index in [0.29, 0.717) is 11.7 Å². The van der Waals surface area contributed by atoms with Crippen molar-refractivity contribution in [3.05, 3.63) is 58.7 Å². The summed E-state index contributed by atoms with van der Waals surface area (Å²) in [6, 6.07) is 12.5. The van der Waals surface area contributed by atoms with Crippen molar-refractivity contribution in [1.29, 1.82) is 0 Å². The molecule has 0 aromatic heterocycles. The van der Waals surface area contributed by atoms with Gasteiger partial charge in [-0.2, -0.15) is 0 Å². The molecule has 3 nitrogen and oxygen atoms in total. The van der Waals surface area contributed by atoms with E-state index in [1.807, 2.05) is 12.1 Å². The minimum Gasteiger partial charge on any atom is -0.491 e. The SMILES string of the molecule is Cc1ccc(NC(=S)N[C@@H](C)COc2ccc(C)c(C)c2)cc1C. The van der Waals surface area contributed by atoms with Gasteiger partial charge < -0.3 is 15.4 Å². The van der Waals surface area contributed by atoms with Crippen LogP contribution in [0.4, 0.5) is 5.69 Å². The van der Waals surface area contributed by atoms with E-state index >= 15 is 0 Å². The van der Waals surface area contributed by atoms with Crippen LogP contribution >= 0.6 is 12.2 Å². The Hall–Kier alpha value is -2.07. The molecule has 1 atom stereocenters. The van der Waals surface area contributed by atoms with Crippen LogP contribution in [0.15, 0.2) is 36.4 Å². The Bertz CT molecular complexity index is 728. The van der Waals surface area contributed by atoms with Gasteiger partial charge in [-0.15, -0.1) is 0 Å². The zero-order valence-corrected chi connectivity index (χ0v) is 15.9.